The minimum Gasteiger partial charge on any atom is -0.456 e. The molecule has 0 saturated carbocycles. The minimum absolute atomic E-state index is 0.644. The summed E-state index contributed by atoms with van der Waals surface area (Å²) in [4.78, 5) is 12.1. The van der Waals surface area contributed by atoms with Gasteiger partial charge in [0.05, 0.1) is 33.4 Å². The molecule has 0 bridgehead atoms. The molecule has 0 aliphatic carbocycles. The van der Waals surface area contributed by atoms with Crippen LogP contribution in [-0.2, 0) is 0 Å². The molecule has 0 spiro atoms. The van der Waals surface area contributed by atoms with Crippen LogP contribution in [0.25, 0.3) is 131 Å². The maximum absolute atomic E-state index is 6.44. The molecular formula is C52H28N4OS. The number of aromatic nitrogens is 4. The number of para-hydroxylation sites is 4. The van der Waals surface area contributed by atoms with E-state index in [1.165, 1.54) is 59.8 Å². The zero-order valence-electron chi connectivity index (χ0n) is 30.8. The van der Waals surface area contributed by atoms with Crippen LogP contribution in [0.3, 0.4) is 0 Å². The van der Waals surface area contributed by atoms with Crippen molar-refractivity contribution in [2.75, 3.05) is 0 Å². The van der Waals surface area contributed by atoms with E-state index in [0.29, 0.717) is 5.95 Å². The molecule has 0 fully saturated rings. The predicted molar refractivity (Wildman–Crippen MR) is 241 cm³/mol. The van der Waals surface area contributed by atoms with Crippen molar-refractivity contribution in [3.8, 4) is 45.1 Å². The number of nitrogens with zero attached hydrogens (tertiary/aromatic N) is 4. The SMILES string of the molecule is c1ccc2c(c1)-c1ccccc1-n1c3ccccc3c3cc4c(c-2c31)c1ccccc1n4-c1nc(-c2ccc3c(c2)oc2ccccc23)c2c(n1)sc1ccccc12. The van der Waals surface area contributed by atoms with Crippen molar-refractivity contribution in [2.45, 2.75) is 0 Å². The zero-order valence-corrected chi connectivity index (χ0v) is 31.6. The molecule has 1 aliphatic heterocycles. The van der Waals surface area contributed by atoms with Crippen LogP contribution in [-0.4, -0.2) is 19.1 Å². The normalized spacial score (nSPS) is 12.5. The predicted octanol–water partition coefficient (Wildman–Crippen LogP) is 14.3. The number of rotatable bonds is 2. The van der Waals surface area contributed by atoms with Gasteiger partial charge in [0.25, 0.3) is 0 Å². The largest absolute Gasteiger partial charge is 0.456 e. The van der Waals surface area contributed by atoms with Gasteiger partial charge in [-0.2, -0.15) is 0 Å². The summed E-state index contributed by atoms with van der Waals surface area (Å²) in [6, 6.07) is 61.1. The van der Waals surface area contributed by atoms with Crippen LogP contribution < -0.4 is 0 Å². The Hall–Kier alpha value is -7.54. The smallest absolute Gasteiger partial charge is 0.236 e. The van der Waals surface area contributed by atoms with Crippen molar-refractivity contribution < 1.29 is 4.42 Å². The van der Waals surface area contributed by atoms with E-state index >= 15 is 0 Å². The Bertz CT molecular complexity index is 3940. The van der Waals surface area contributed by atoms with Gasteiger partial charge in [-0.3, -0.25) is 4.57 Å². The molecule has 0 atom stereocenters. The summed E-state index contributed by atoms with van der Waals surface area (Å²) < 4.78 is 12.4. The molecule has 0 N–H and O–H groups in total. The van der Waals surface area contributed by atoms with Crippen LogP contribution >= 0.6 is 11.3 Å². The molecule has 268 valence electrons. The summed E-state index contributed by atoms with van der Waals surface area (Å²) in [6.07, 6.45) is 0. The monoisotopic (exact) mass is 756 g/mol. The lowest BCUT2D eigenvalue weighted by molar-refractivity contribution is 0.669. The van der Waals surface area contributed by atoms with Crippen molar-refractivity contribution >= 4 is 97.2 Å². The molecule has 6 heteroatoms. The first kappa shape index (κ1) is 30.7. The van der Waals surface area contributed by atoms with Crippen molar-refractivity contribution in [3.05, 3.63) is 170 Å². The highest BCUT2D eigenvalue weighted by molar-refractivity contribution is 7.25. The first-order chi connectivity index (χ1) is 28.8. The molecule has 8 aromatic carbocycles. The maximum atomic E-state index is 6.44. The molecule has 0 amide bonds. The quantitative estimate of drug-likeness (QED) is 0.176. The Morgan fingerprint density at radius 2 is 1.12 bits per heavy atom. The number of hydrogen-bond acceptors (Lipinski definition) is 4. The number of thiophene rings is 1. The van der Waals surface area contributed by atoms with Gasteiger partial charge in [-0.25, -0.2) is 9.97 Å². The van der Waals surface area contributed by atoms with Crippen LogP contribution in [0.15, 0.2) is 174 Å². The van der Waals surface area contributed by atoms with Gasteiger partial charge in [-0.15, -0.1) is 11.3 Å². The molecule has 0 unspecified atom stereocenters. The van der Waals surface area contributed by atoms with Gasteiger partial charge < -0.3 is 8.98 Å². The lowest BCUT2D eigenvalue weighted by Crippen LogP contribution is -2.03. The lowest BCUT2D eigenvalue weighted by atomic mass is 9.91. The van der Waals surface area contributed by atoms with E-state index in [0.717, 1.165) is 65.2 Å². The average Bonchev–Trinajstić information content (AvgIpc) is 4.01. The highest BCUT2D eigenvalue weighted by atomic mass is 32.1. The van der Waals surface area contributed by atoms with Crippen LogP contribution in [0.4, 0.5) is 0 Å². The summed E-state index contributed by atoms with van der Waals surface area (Å²) in [6.45, 7) is 0. The molecule has 1 aliphatic rings. The summed E-state index contributed by atoms with van der Waals surface area (Å²) in [7, 11) is 0. The third-order valence-electron chi connectivity index (χ3n) is 12.3. The fraction of sp³-hybridized carbons (Fsp3) is 0. The first-order valence-corrected chi connectivity index (χ1v) is 20.4. The number of benzene rings is 8. The van der Waals surface area contributed by atoms with Gasteiger partial charge >= 0.3 is 0 Å². The molecule has 0 radical (unpaired) electrons. The second-order valence-corrected chi connectivity index (χ2v) is 16.3. The zero-order chi connectivity index (χ0) is 37.6. The van der Waals surface area contributed by atoms with Gasteiger partial charge in [0, 0.05) is 64.5 Å². The standard InChI is InChI=1S/C52H28N4OS/c1-2-17-35-30(13-1)31-14-3-8-20-39(31)55-40-21-9-4-15-32(40)38-28-42-46(47(35)50(38)55)36-18-5-10-22-41(36)56(42)52-53-49(48-37-19-7-12-24-45(37)58-51(48)54-52)29-25-26-34-33-16-6-11-23-43(33)57-44(34)27-29/h1-28H. The van der Waals surface area contributed by atoms with Crippen molar-refractivity contribution in [2.24, 2.45) is 0 Å². The topological polar surface area (TPSA) is 48.8 Å². The average molecular weight is 757 g/mol. The number of hydrogen-bond donors (Lipinski definition) is 0. The Balaban J connectivity index is 1.15. The van der Waals surface area contributed by atoms with Gasteiger partial charge in [0.2, 0.25) is 5.95 Å². The van der Waals surface area contributed by atoms with Crippen LogP contribution in [0.1, 0.15) is 0 Å². The molecular weight excluding hydrogens is 729 g/mol. The van der Waals surface area contributed by atoms with Crippen molar-refractivity contribution in [3.63, 3.8) is 0 Å². The third kappa shape index (κ3) is 3.89. The van der Waals surface area contributed by atoms with Crippen LogP contribution in [0, 0.1) is 0 Å². The third-order valence-corrected chi connectivity index (χ3v) is 13.4. The molecule has 0 saturated heterocycles. The van der Waals surface area contributed by atoms with E-state index in [9.17, 15) is 0 Å². The van der Waals surface area contributed by atoms with Gasteiger partial charge in [-0.1, -0.05) is 121 Å². The van der Waals surface area contributed by atoms with Crippen molar-refractivity contribution in [1.29, 1.82) is 0 Å². The van der Waals surface area contributed by atoms with E-state index in [2.05, 4.69) is 167 Å². The Labute approximate surface area is 334 Å². The highest BCUT2D eigenvalue weighted by Crippen LogP contribution is 2.52. The second kappa shape index (κ2) is 11.1. The fourth-order valence-electron chi connectivity index (χ4n) is 9.93. The molecule has 5 nitrogen and oxygen atoms in total. The molecule has 5 aromatic heterocycles. The highest BCUT2D eigenvalue weighted by Gasteiger charge is 2.29. The Morgan fingerprint density at radius 1 is 0.448 bits per heavy atom. The number of fused-ring (bicyclic) bond motifs is 18. The summed E-state index contributed by atoms with van der Waals surface area (Å²) in [5.41, 5.74) is 14.2. The second-order valence-electron chi connectivity index (χ2n) is 15.3. The summed E-state index contributed by atoms with van der Waals surface area (Å²) in [5.74, 6) is 0.644. The van der Waals surface area contributed by atoms with Gasteiger partial charge in [-0.05, 0) is 59.7 Å². The van der Waals surface area contributed by atoms with Crippen LogP contribution in [0.2, 0.25) is 0 Å². The molecule has 14 rings (SSSR count). The Kier molecular flexibility index (Phi) is 5.85. The van der Waals surface area contributed by atoms with E-state index in [4.69, 9.17) is 14.4 Å². The van der Waals surface area contributed by atoms with E-state index in [1.54, 1.807) is 11.3 Å². The molecule has 58 heavy (non-hydrogen) atoms. The first-order valence-electron chi connectivity index (χ1n) is 19.6. The van der Waals surface area contributed by atoms with Crippen LogP contribution in [0.5, 0.6) is 0 Å². The number of furan rings is 1. The van der Waals surface area contributed by atoms with E-state index < -0.39 is 0 Å². The van der Waals surface area contributed by atoms with E-state index in [-0.39, 0.29) is 0 Å². The minimum atomic E-state index is 0.644. The lowest BCUT2D eigenvalue weighted by Gasteiger charge is -2.13. The molecule has 6 heterocycles. The fourth-order valence-corrected chi connectivity index (χ4v) is 11.0. The van der Waals surface area contributed by atoms with Gasteiger partial charge in [0.1, 0.15) is 16.0 Å². The van der Waals surface area contributed by atoms with Crippen molar-refractivity contribution in [1.82, 2.24) is 19.1 Å². The maximum Gasteiger partial charge on any atom is 0.236 e. The summed E-state index contributed by atoms with van der Waals surface area (Å²) >= 11 is 1.72. The molecule has 13 aromatic rings. The van der Waals surface area contributed by atoms with E-state index in [1.807, 2.05) is 12.1 Å². The summed E-state index contributed by atoms with van der Waals surface area (Å²) in [5, 5.41) is 9.19. The Morgan fingerprint density at radius 3 is 2.00 bits per heavy atom. The van der Waals surface area contributed by atoms with Gasteiger partial charge in [0.15, 0.2) is 0 Å².